The number of hydrogen-bond donors (Lipinski definition) is 2. The number of nitrogens with one attached hydrogen (secondary N) is 2. The van der Waals surface area contributed by atoms with E-state index >= 15 is 0 Å². The van der Waals surface area contributed by atoms with E-state index < -0.39 is 0 Å². The molecule has 0 unspecified atom stereocenters. The Morgan fingerprint density at radius 2 is 2.00 bits per heavy atom. The number of aromatic nitrogens is 3. The third kappa shape index (κ3) is 5.32. The maximum atomic E-state index is 12.5. The Morgan fingerprint density at radius 3 is 2.77 bits per heavy atom. The summed E-state index contributed by atoms with van der Waals surface area (Å²) in [5.41, 5.74) is 2.02. The van der Waals surface area contributed by atoms with Crippen LogP contribution in [0.4, 0.5) is 10.5 Å². The number of benzene rings is 1. The summed E-state index contributed by atoms with van der Waals surface area (Å²) in [6, 6.07) is 12.8. The summed E-state index contributed by atoms with van der Waals surface area (Å²) in [5.74, 6) is 0.534. The van der Waals surface area contributed by atoms with Gasteiger partial charge in [-0.25, -0.2) is 14.3 Å². The molecule has 31 heavy (non-hydrogen) atoms. The number of piperidine rings is 1. The third-order valence-electron chi connectivity index (χ3n) is 5.80. The van der Waals surface area contributed by atoms with E-state index in [2.05, 4.69) is 27.6 Å². The van der Waals surface area contributed by atoms with Gasteiger partial charge in [-0.3, -0.25) is 4.40 Å². The molecule has 2 aromatic heterocycles. The maximum Gasteiger partial charge on any atom is 0.350 e. The number of fused-ring (bicyclic) bond motifs is 1. The molecular weight excluding hydrogens is 392 g/mol. The molecule has 0 bridgehead atoms. The summed E-state index contributed by atoms with van der Waals surface area (Å²) in [5, 5.41) is 10.3. The number of amides is 2. The molecule has 8 nitrogen and oxygen atoms in total. The van der Waals surface area contributed by atoms with E-state index in [1.54, 1.807) is 18.3 Å². The highest BCUT2D eigenvalue weighted by molar-refractivity contribution is 5.89. The topological polar surface area (TPSA) is 83.7 Å². The van der Waals surface area contributed by atoms with Gasteiger partial charge < -0.3 is 15.5 Å². The molecule has 1 aromatic carbocycles. The van der Waals surface area contributed by atoms with E-state index in [0.29, 0.717) is 30.3 Å². The minimum absolute atomic E-state index is 0.184. The van der Waals surface area contributed by atoms with E-state index in [9.17, 15) is 9.59 Å². The molecule has 1 aliphatic rings. The molecule has 1 saturated heterocycles. The first-order valence-corrected chi connectivity index (χ1v) is 11.0. The molecule has 0 aliphatic carbocycles. The van der Waals surface area contributed by atoms with Crippen molar-refractivity contribution in [1.29, 1.82) is 0 Å². The normalized spacial score (nSPS) is 15.3. The Labute approximate surface area is 181 Å². The maximum absolute atomic E-state index is 12.5. The lowest BCUT2D eigenvalue weighted by molar-refractivity contribution is 0.182. The zero-order valence-corrected chi connectivity index (χ0v) is 18.0. The van der Waals surface area contributed by atoms with Crippen LogP contribution in [-0.2, 0) is 6.54 Å². The van der Waals surface area contributed by atoms with E-state index in [0.717, 1.165) is 38.0 Å². The first kappa shape index (κ1) is 21.1. The molecule has 3 heterocycles. The molecule has 0 radical (unpaired) electrons. The summed E-state index contributed by atoms with van der Waals surface area (Å²) >= 11 is 0. The van der Waals surface area contributed by atoms with Gasteiger partial charge in [0.2, 0.25) is 0 Å². The quantitative estimate of drug-likeness (QED) is 0.613. The minimum atomic E-state index is -0.196. The first-order valence-electron chi connectivity index (χ1n) is 11.0. The Balaban J connectivity index is 1.30. The van der Waals surface area contributed by atoms with Crippen LogP contribution in [0.1, 0.15) is 31.7 Å². The highest BCUT2D eigenvalue weighted by Crippen LogP contribution is 2.17. The van der Waals surface area contributed by atoms with Crippen LogP contribution in [0.15, 0.2) is 53.5 Å². The summed E-state index contributed by atoms with van der Waals surface area (Å²) in [6.45, 7) is 6.65. The fraction of sp³-hybridized carbons (Fsp3) is 0.435. The number of likely N-dealkylation sites (tertiary alicyclic amines) is 1. The van der Waals surface area contributed by atoms with Crippen molar-refractivity contribution in [2.45, 2.75) is 32.7 Å². The number of carbonyl (C=O) groups is 1. The van der Waals surface area contributed by atoms with Gasteiger partial charge in [0.1, 0.15) is 0 Å². The van der Waals surface area contributed by atoms with Gasteiger partial charge in [0.25, 0.3) is 0 Å². The molecule has 1 fully saturated rings. The van der Waals surface area contributed by atoms with Crippen molar-refractivity contribution < 1.29 is 4.79 Å². The number of rotatable bonds is 7. The number of hydrogen-bond acceptors (Lipinski definition) is 4. The lowest BCUT2D eigenvalue weighted by Crippen LogP contribution is -2.40. The number of anilines is 1. The highest BCUT2D eigenvalue weighted by atomic mass is 16.2. The molecule has 4 rings (SSSR count). The summed E-state index contributed by atoms with van der Waals surface area (Å²) in [4.78, 5) is 27.3. The van der Waals surface area contributed by atoms with Crippen LogP contribution in [0, 0.1) is 5.92 Å². The monoisotopic (exact) mass is 422 g/mol. The largest absolute Gasteiger partial charge is 0.350 e. The lowest BCUT2D eigenvalue weighted by Gasteiger charge is -2.31. The van der Waals surface area contributed by atoms with Gasteiger partial charge in [0.05, 0.1) is 6.54 Å². The Morgan fingerprint density at radius 1 is 1.16 bits per heavy atom. The van der Waals surface area contributed by atoms with Crippen LogP contribution >= 0.6 is 0 Å². The molecule has 1 aliphatic heterocycles. The minimum Gasteiger partial charge on any atom is -0.338 e. The van der Waals surface area contributed by atoms with Crippen molar-refractivity contribution in [2.75, 3.05) is 31.5 Å². The van der Waals surface area contributed by atoms with E-state index in [4.69, 9.17) is 0 Å². The molecule has 2 amide bonds. The third-order valence-corrected chi connectivity index (χ3v) is 5.80. The average molecular weight is 423 g/mol. The van der Waals surface area contributed by atoms with Crippen LogP contribution in [0.3, 0.4) is 0 Å². The number of pyridine rings is 1. The van der Waals surface area contributed by atoms with Gasteiger partial charge in [0, 0.05) is 18.4 Å². The highest BCUT2D eigenvalue weighted by Gasteiger charge is 2.19. The molecule has 2 N–H and O–H groups in total. The lowest BCUT2D eigenvalue weighted by atomic mass is 9.97. The SMILES string of the molecule is CCCN1CCC(CNC(=O)Nc2cccc(Cn3nc4ccccn4c3=O)c2)CC1. The van der Waals surface area contributed by atoms with E-state index in [-0.39, 0.29) is 11.7 Å². The Bertz CT molecular complexity index is 1080. The predicted molar refractivity (Wildman–Crippen MR) is 121 cm³/mol. The fourth-order valence-electron chi connectivity index (χ4n) is 4.13. The first-order chi connectivity index (χ1) is 15.1. The standard InChI is InChI=1S/C23H30N6O2/c1-2-11-27-13-9-18(10-14-27)16-24-22(30)25-20-7-5-6-19(15-20)17-29-23(31)28-12-4-3-8-21(28)26-29/h3-8,12,15,18H,2,9-11,13-14,16-17H2,1H3,(H2,24,25,30). The van der Waals surface area contributed by atoms with E-state index in [1.807, 2.05) is 30.3 Å². The summed E-state index contributed by atoms with van der Waals surface area (Å²) in [7, 11) is 0. The van der Waals surface area contributed by atoms with Crippen LogP contribution in [0.2, 0.25) is 0 Å². The average Bonchev–Trinajstić information content (AvgIpc) is 3.09. The van der Waals surface area contributed by atoms with Crippen molar-refractivity contribution in [1.82, 2.24) is 24.4 Å². The summed E-state index contributed by atoms with van der Waals surface area (Å²) in [6.07, 6.45) is 5.15. The van der Waals surface area contributed by atoms with Crippen LogP contribution in [0.25, 0.3) is 5.65 Å². The second kappa shape index (κ2) is 9.78. The van der Waals surface area contributed by atoms with Crippen molar-refractivity contribution in [3.8, 4) is 0 Å². The number of urea groups is 1. The zero-order chi connectivity index (χ0) is 21.6. The van der Waals surface area contributed by atoms with Gasteiger partial charge in [0.15, 0.2) is 5.65 Å². The fourth-order valence-corrected chi connectivity index (χ4v) is 4.13. The van der Waals surface area contributed by atoms with Gasteiger partial charge in [-0.05, 0) is 74.6 Å². The second-order valence-corrected chi connectivity index (χ2v) is 8.19. The second-order valence-electron chi connectivity index (χ2n) is 8.19. The molecular formula is C23H30N6O2. The molecule has 8 heteroatoms. The molecule has 164 valence electrons. The van der Waals surface area contributed by atoms with Gasteiger partial charge in [-0.15, -0.1) is 5.10 Å². The summed E-state index contributed by atoms with van der Waals surface area (Å²) < 4.78 is 2.95. The van der Waals surface area contributed by atoms with E-state index in [1.165, 1.54) is 15.5 Å². The van der Waals surface area contributed by atoms with Crippen molar-refractivity contribution in [3.63, 3.8) is 0 Å². The Kier molecular flexibility index (Phi) is 6.66. The van der Waals surface area contributed by atoms with Crippen LogP contribution in [0.5, 0.6) is 0 Å². The molecule has 0 atom stereocenters. The van der Waals surface area contributed by atoms with Crippen LogP contribution < -0.4 is 16.3 Å². The molecule has 0 spiro atoms. The van der Waals surface area contributed by atoms with Crippen LogP contribution in [-0.4, -0.2) is 51.3 Å². The predicted octanol–water partition coefficient (Wildman–Crippen LogP) is 2.79. The molecule has 0 saturated carbocycles. The number of carbonyl (C=O) groups excluding carboxylic acids is 1. The molecule has 3 aromatic rings. The zero-order valence-electron chi connectivity index (χ0n) is 18.0. The number of nitrogens with zero attached hydrogens (tertiary/aromatic N) is 4. The van der Waals surface area contributed by atoms with Gasteiger partial charge >= 0.3 is 11.7 Å². The van der Waals surface area contributed by atoms with Crippen molar-refractivity contribution >= 4 is 17.4 Å². The van der Waals surface area contributed by atoms with Crippen molar-refractivity contribution in [3.05, 3.63) is 64.7 Å². The van der Waals surface area contributed by atoms with Crippen molar-refractivity contribution in [2.24, 2.45) is 5.92 Å². The van der Waals surface area contributed by atoms with Gasteiger partial charge in [-0.2, -0.15) is 0 Å². The Hall–Kier alpha value is -3.13. The van der Waals surface area contributed by atoms with Gasteiger partial charge in [-0.1, -0.05) is 25.1 Å². The smallest absolute Gasteiger partial charge is 0.338 e.